The molecule has 3 rings (SSSR count). The van der Waals surface area contributed by atoms with Crippen molar-refractivity contribution in [1.82, 2.24) is 19.5 Å². The molecule has 3 heterocycles. The van der Waals surface area contributed by atoms with E-state index in [0.717, 1.165) is 32.1 Å². The van der Waals surface area contributed by atoms with Gasteiger partial charge < -0.3 is 25.4 Å². The summed E-state index contributed by atoms with van der Waals surface area (Å²) in [7, 11) is 0. The first-order chi connectivity index (χ1) is 18.5. The van der Waals surface area contributed by atoms with Crippen molar-refractivity contribution in [3.63, 3.8) is 0 Å². The van der Waals surface area contributed by atoms with Crippen LogP contribution in [0.5, 0.6) is 0 Å². The summed E-state index contributed by atoms with van der Waals surface area (Å²) in [5.41, 5.74) is 6.58. The molecule has 38 heavy (non-hydrogen) atoms. The van der Waals surface area contributed by atoms with Gasteiger partial charge in [-0.2, -0.15) is 0 Å². The van der Waals surface area contributed by atoms with E-state index in [1.165, 1.54) is 68.6 Å². The lowest BCUT2D eigenvalue weighted by atomic mass is 10.1. The number of aliphatic hydroxyl groups excluding tert-OH is 2. The van der Waals surface area contributed by atoms with Gasteiger partial charge in [-0.3, -0.25) is 9.36 Å². The number of carbonyl (C=O) groups is 1. The first kappa shape index (κ1) is 30.0. The Hall–Kier alpha value is -2.56. The Kier molecular flexibility index (Phi) is 13.0. The second kappa shape index (κ2) is 16.4. The van der Waals surface area contributed by atoms with E-state index in [0.29, 0.717) is 17.6 Å². The molecule has 212 valence electrons. The van der Waals surface area contributed by atoms with Crippen LogP contribution in [0.25, 0.3) is 11.2 Å². The summed E-state index contributed by atoms with van der Waals surface area (Å²) < 4.78 is 12.6. The van der Waals surface area contributed by atoms with Crippen molar-refractivity contribution in [1.29, 1.82) is 0 Å². The number of esters is 1. The van der Waals surface area contributed by atoms with Crippen molar-refractivity contribution >= 4 is 23.0 Å². The Bertz CT molecular complexity index is 997. The highest BCUT2D eigenvalue weighted by Crippen LogP contribution is 2.32. The second-order valence-corrected chi connectivity index (χ2v) is 10.1. The first-order valence-corrected chi connectivity index (χ1v) is 14.3. The van der Waals surface area contributed by atoms with Crippen LogP contribution in [0.4, 0.5) is 5.82 Å². The molecule has 0 bridgehead atoms. The lowest BCUT2D eigenvalue weighted by Crippen LogP contribution is -2.34. The minimum atomic E-state index is -1.24. The number of carbonyl (C=O) groups excluding carboxylic acids is 1. The highest BCUT2D eigenvalue weighted by Gasteiger charge is 2.44. The predicted octanol–water partition coefficient (Wildman–Crippen LogP) is 4.61. The van der Waals surface area contributed by atoms with Crippen LogP contribution < -0.4 is 5.73 Å². The number of hydrogen-bond acceptors (Lipinski definition) is 9. The van der Waals surface area contributed by atoms with Crippen molar-refractivity contribution in [3.8, 4) is 0 Å². The summed E-state index contributed by atoms with van der Waals surface area (Å²) >= 11 is 0. The van der Waals surface area contributed by atoms with Gasteiger partial charge in [0.05, 0.1) is 6.33 Å². The highest BCUT2D eigenvalue weighted by atomic mass is 16.6. The van der Waals surface area contributed by atoms with Gasteiger partial charge in [0.15, 0.2) is 17.7 Å². The lowest BCUT2D eigenvalue weighted by Gasteiger charge is -2.16. The number of unbranched alkanes of at least 4 members (excludes halogenated alkanes) is 11. The van der Waals surface area contributed by atoms with E-state index in [4.69, 9.17) is 15.2 Å². The van der Waals surface area contributed by atoms with Crippen molar-refractivity contribution in [2.24, 2.45) is 0 Å². The third-order valence-electron chi connectivity index (χ3n) is 7.05. The van der Waals surface area contributed by atoms with E-state index < -0.39 is 24.5 Å². The van der Waals surface area contributed by atoms with Gasteiger partial charge in [-0.15, -0.1) is 0 Å². The molecule has 4 N–H and O–H groups in total. The fourth-order valence-electron chi connectivity index (χ4n) is 4.74. The molecule has 0 aromatic carbocycles. The average molecular weight is 532 g/mol. The van der Waals surface area contributed by atoms with Gasteiger partial charge in [-0.05, 0) is 32.1 Å². The number of aliphatic hydroxyl groups is 2. The summed E-state index contributed by atoms with van der Waals surface area (Å²) in [4.78, 5) is 24.4. The number of nitrogen functional groups attached to an aromatic ring is 1. The van der Waals surface area contributed by atoms with Gasteiger partial charge in [-0.1, -0.05) is 70.4 Å². The zero-order chi connectivity index (χ0) is 27.2. The Morgan fingerprint density at radius 2 is 1.63 bits per heavy atom. The zero-order valence-corrected chi connectivity index (χ0v) is 22.7. The van der Waals surface area contributed by atoms with Gasteiger partial charge in [0.25, 0.3) is 0 Å². The predicted molar refractivity (Wildman–Crippen MR) is 146 cm³/mol. The van der Waals surface area contributed by atoms with Gasteiger partial charge >= 0.3 is 5.97 Å². The molecule has 1 aliphatic rings. The Morgan fingerprint density at radius 1 is 0.974 bits per heavy atom. The number of rotatable bonds is 18. The molecule has 0 amide bonds. The molecule has 0 spiro atoms. The summed E-state index contributed by atoms with van der Waals surface area (Å²) in [5, 5.41) is 20.9. The summed E-state index contributed by atoms with van der Waals surface area (Å²) in [5.74, 6) is -0.118. The molecule has 1 fully saturated rings. The van der Waals surface area contributed by atoms with Crippen LogP contribution in [-0.4, -0.2) is 60.6 Å². The molecule has 1 aliphatic heterocycles. The smallest absolute Gasteiger partial charge is 0.305 e. The molecule has 10 nitrogen and oxygen atoms in total. The van der Waals surface area contributed by atoms with Gasteiger partial charge in [-0.25, -0.2) is 15.0 Å². The molecule has 0 saturated carbocycles. The number of nitrogens with zero attached hydrogens (tertiary/aromatic N) is 4. The molecule has 4 atom stereocenters. The quantitative estimate of drug-likeness (QED) is 0.143. The SMILES string of the molecule is CCCCCCCC/C=C\CCCCCCCC(=O)OC[C@H]1O[C@@H](n2cnc3c(N)ncnc32)[C@H](O)[C@@H]1O. The number of allylic oxidation sites excluding steroid dienone is 2. The van der Waals surface area contributed by atoms with E-state index in [1.54, 1.807) is 0 Å². The van der Waals surface area contributed by atoms with E-state index in [1.807, 2.05) is 0 Å². The number of fused-ring (bicyclic) bond motifs is 1. The van der Waals surface area contributed by atoms with Crippen LogP contribution in [0, 0.1) is 0 Å². The van der Waals surface area contributed by atoms with Crippen molar-refractivity contribution in [2.45, 2.75) is 121 Å². The highest BCUT2D eigenvalue weighted by molar-refractivity contribution is 5.81. The van der Waals surface area contributed by atoms with Gasteiger partial charge in [0, 0.05) is 6.42 Å². The van der Waals surface area contributed by atoms with Crippen LogP contribution >= 0.6 is 0 Å². The Balaban J connectivity index is 1.23. The lowest BCUT2D eigenvalue weighted by molar-refractivity contribution is -0.150. The van der Waals surface area contributed by atoms with Gasteiger partial charge in [0.2, 0.25) is 0 Å². The molecule has 10 heteroatoms. The number of ether oxygens (including phenoxy) is 2. The van der Waals surface area contributed by atoms with Crippen LogP contribution in [0.1, 0.15) is 103 Å². The van der Waals surface area contributed by atoms with Crippen molar-refractivity contribution in [2.75, 3.05) is 12.3 Å². The van der Waals surface area contributed by atoms with Crippen molar-refractivity contribution < 1.29 is 24.5 Å². The van der Waals surface area contributed by atoms with Crippen LogP contribution in [0.3, 0.4) is 0 Å². The maximum atomic E-state index is 12.2. The minimum absolute atomic E-state index is 0.137. The second-order valence-electron chi connectivity index (χ2n) is 10.1. The molecule has 0 radical (unpaired) electrons. The third-order valence-corrected chi connectivity index (χ3v) is 7.05. The minimum Gasteiger partial charge on any atom is -0.463 e. The largest absolute Gasteiger partial charge is 0.463 e. The number of aromatic nitrogens is 4. The fraction of sp³-hybridized carbons (Fsp3) is 0.714. The van der Waals surface area contributed by atoms with Crippen LogP contribution in [0.15, 0.2) is 24.8 Å². The normalized spacial score (nSPS) is 21.6. The van der Waals surface area contributed by atoms with E-state index in [-0.39, 0.29) is 18.4 Å². The monoisotopic (exact) mass is 531 g/mol. The average Bonchev–Trinajstić information content (AvgIpc) is 3.46. The molecule has 2 aromatic heterocycles. The summed E-state index contributed by atoms with van der Waals surface area (Å²) in [6.07, 6.45) is 19.0. The van der Waals surface area contributed by atoms with Gasteiger partial charge in [0.1, 0.15) is 36.8 Å². The number of imidazole rings is 1. The molecular weight excluding hydrogens is 486 g/mol. The van der Waals surface area contributed by atoms with Crippen LogP contribution in [-0.2, 0) is 14.3 Å². The first-order valence-electron chi connectivity index (χ1n) is 14.3. The van der Waals surface area contributed by atoms with Crippen molar-refractivity contribution in [3.05, 3.63) is 24.8 Å². The standard InChI is InChI=1S/C28H45N5O5/c1-2-3-4-5-6-7-8-9-10-11-12-13-14-15-16-17-22(34)37-18-21-24(35)25(36)28(38-21)33-20-32-23-26(29)30-19-31-27(23)33/h9-10,19-21,24-25,28,35-36H,2-8,11-18H2,1H3,(H2,29,30,31)/b10-9-/t21-,24-,25-,28-/m1/s1. The molecule has 1 saturated heterocycles. The zero-order valence-electron chi connectivity index (χ0n) is 22.7. The summed E-state index contributed by atoms with van der Waals surface area (Å²) in [6.45, 7) is 2.11. The van der Waals surface area contributed by atoms with Crippen LogP contribution in [0.2, 0.25) is 0 Å². The summed E-state index contributed by atoms with van der Waals surface area (Å²) in [6, 6.07) is 0. The third kappa shape index (κ3) is 9.03. The number of hydrogen-bond donors (Lipinski definition) is 3. The number of anilines is 1. The Morgan fingerprint density at radius 3 is 2.34 bits per heavy atom. The molecular formula is C28H45N5O5. The molecule has 0 unspecified atom stereocenters. The maximum absolute atomic E-state index is 12.2. The Labute approximate surface area is 225 Å². The van der Waals surface area contributed by atoms with E-state index in [2.05, 4.69) is 34.0 Å². The van der Waals surface area contributed by atoms with E-state index in [9.17, 15) is 15.0 Å². The topological polar surface area (TPSA) is 146 Å². The fourth-order valence-corrected chi connectivity index (χ4v) is 4.74. The maximum Gasteiger partial charge on any atom is 0.305 e. The number of nitrogens with two attached hydrogens (primary N) is 1. The molecule has 0 aliphatic carbocycles. The van der Waals surface area contributed by atoms with E-state index >= 15 is 0 Å². The molecule has 2 aromatic rings.